The van der Waals surface area contributed by atoms with E-state index < -0.39 is 23.8 Å². The van der Waals surface area contributed by atoms with E-state index in [-0.39, 0.29) is 43.5 Å². The first-order valence-electron chi connectivity index (χ1n) is 8.13. The number of hydrogen-bond acceptors (Lipinski definition) is 6. The summed E-state index contributed by atoms with van der Waals surface area (Å²) in [6.45, 7) is 1.84. The summed E-state index contributed by atoms with van der Waals surface area (Å²) in [7, 11) is 0. The monoisotopic (exact) mass is 381 g/mol. The van der Waals surface area contributed by atoms with Gasteiger partial charge in [-0.2, -0.15) is 5.10 Å². The van der Waals surface area contributed by atoms with Crippen molar-refractivity contribution < 1.29 is 27.9 Å². The van der Waals surface area contributed by atoms with E-state index in [2.05, 4.69) is 10.4 Å². The Morgan fingerprint density at radius 1 is 1.37 bits per heavy atom. The maximum absolute atomic E-state index is 14.5. The number of hydrazone groups is 1. The molecule has 11 heteroatoms. The van der Waals surface area contributed by atoms with Gasteiger partial charge in [0, 0.05) is 25.6 Å². The number of anilines is 2. The minimum absolute atomic E-state index is 0.00698. The van der Waals surface area contributed by atoms with Crippen LogP contribution in [0.3, 0.4) is 0 Å². The molecule has 3 rings (SSSR count). The molecule has 2 aliphatic heterocycles. The molecule has 1 aromatic rings. The molecule has 0 aliphatic carbocycles. The molecule has 2 aliphatic rings. The molecule has 0 saturated carbocycles. The molecule has 0 spiro atoms. The van der Waals surface area contributed by atoms with E-state index in [1.165, 1.54) is 11.8 Å². The van der Waals surface area contributed by atoms with Crippen LogP contribution in [-0.2, 0) is 14.3 Å². The fourth-order valence-corrected chi connectivity index (χ4v) is 2.78. The average molecular weight is 381 g/mol. The summed E-state index contributed by atoms with van der Waals surface area (Å²) >= 11 is 0. The van der Waals surface area contributed by atoms with Crippen LogP contribution < -0.4 is 15.1 Å². The zero-order valence-electron chi connectivity index (χ0n) is 14.4. The highest BCUT2D eigenvalue weighted by atomic mass is 19.1. The number of amides is 3. The van der Waals surface area contributed by atoms with Gasteiger partial charge in [0.2, 0.25) is 12.3 Å². The molecule has 2 heterocycles. The fraction of sp³-hybridized carbons (Fsp3) is 0.375. The second kappa shape index (κ2) is 7.56. The van der Waals surface area contributed by atoms with E-state index >= 15 is 0 Å². The van der Waals surface area contributed by atoms with Crippen molar-refractivity contribution in [1.82, 2.24) is 10.3 Å². The lowest BCUT2D eigenvalue weighted by atomic mass is 10.2. The van der Waals surface area contributed by atoms with Crippen LogP contribution in [0.5, 0.6) is 0 Å². The number of benzene rings is 1. The van der Waals surface area contributed by atoms with Gasteiger partial charge in [-0.25, -0.2) is 18.6 Å². The van der Waals surface area contributed by atoms with E-state index in [1.54, 1.807) is 0 Å². The molecule has 1 unspecified atom stereocenters. The number of carbonyl (C=O) groups excluding carboxylic acids is 3. The van der Waals surface area contributed by atoms with Crippen LogP contribution in [0.2, 0.25) is 0 Å². The molecule has 1 atom stereocenters. The van der Waals surface area contributed by atoms with Crippen molar-refractivity contribution in [2.75, 3.05) is 36.0 Å². The highest BCUT2D eigenvalue weighted by Crippen LogP contribution is 2.31. The van der Waals surface area contributed by atoms with Crippen molar-refractivity contribution in [3.63, 3.8) is 0 Å². The summed E-state index contributed by atoms with van der Waals surface area (Å²) < 4.78 is 34.2. The normalized spacial score (nSPS) is 19.3. The average Bonchev–Trinajstić information content (AvgIpc) is 3.00. The Morgan fingerprint density at radius 3 is 2.63 bits per heavy atom. The third-order valence-corrected chi connectivity index (χ3v) is 4.08. The Labute approximate surface area is 153 Å². The van der Waals surface area contributed by atoms with Gasteiger partial charge in [-0.05, 0) is 0 Å². The van der Waals surface area contributed by atoms with Gasteiger partial charge in [-0.1, -0.05) is 0 Å². The van der Waals surface area contributed by atoms with Gasteiger partial charge in [0.15, 0.2) is 11.6 Å². The first-order valence-corrected chi connectivity index (χ1v) is 8.13. The Hall–Kier alpha value is -3.24. The van der Waals surface area contributed by atoms with Gasteiger partial charge in [-0.15, -0.1) is 0 Å². The number of nitrogens with zero attached hydrogens (tertiary/aromatic N) is 4. The Bertz CT molecular complexity index is 780. The van der Waals surface area contributed by atoms with Gasteiger partial charge < -0.3 is 15.0 Å². The third-order valence-electron chi connectivity index (χ3n) is 4.08. The highest BCUT2D eigenvalue weighted by Gasteiger charge is 2.33. The lowest BCUT2D eigenvalue weighted by Gasteiger charge is -2.27. The quantitative estimate of drug-likeness (QED) is 0.756. The first-order chi connectivity index (χ1) is 12.9. The van der Waals surface area contributed by atoms with Crippen molar-refractivity contribution >= 4 is 36.1 Å². The molecular weight excluding hydrogens is 364 g/mol. The van der Waals surface area contributed by atoms with Gasteiger partial charge in [0.25, 0.3) is 0 Å². The number of cyclic esters (lactones) is 1. The summed E-state index contributed by atoms with van der Waals surface area (Å²) in [5.74, 6) is -2.04. The number of rotatable bonds is 5. The van der Waals surface area contributed by atoms with Crippen molar-refractivity contribution in [3.05, 3.63) is 23.8 Å². The molecule has 0 aromatic heterocycles. The molecule has 1 aromatic carbocycles. The van der Waals surface area contributed by atoms with Gasteiger partial charge >= 0.3 is 6.09 Å². The maximum Gasteiger partial charge on any atom is 0.414 e. The maximum atomic E-state index is 14.5. The van der Waals surface area contributed by atoms with Crippen molar-refractivity contribution in [1.29, 1.82) is 0 Å². The Morgan fingerprint density at radius 2 is 2.07 bits per heavy atom. The lowest BCUT2D eigenvalue weighted by Crippen LogP contribution is -2.38. The van der Waals surface area contributed by atoms with E-state index in [4.69, 9.17) is 4.74 Å². The van der Waals surface area contributed by atoms with E-state index in [1.807, 2.05) is 0 Å². The predicted molar refractivity (Wildman–Crippen MR) is 91.3 cm³/mol. The molecule has 0 radical (unpaired) electrons. The van der Waals surface area contributed by atoms with Gasteiger partial charge in [0.1, 0.15) is 18.1 Å². The standard InChI is InChI=1S/C16H17F2N5O4/c1-10(25)19-6-12-7-23(16(26)27-12)11-4-13(17)15(14(18)5-11)21-2-3-22(9-24)20-8-21/h4-5,8-9,12H,2-3,6-7H2,1H3,(H,19,25). The van der Waals surface area contributed by atoms with Gasteiger partial charge in [0.05, 0.1) is 25.3 Å². The summed E-state index contributed by atoms with van der Waals surface area (Å²) in [4.78, 5) is 35.9. The second-order valence-corrected chi connectivity index (χ2v) is 6.00. The lowest BCUT2D eigenvalue weighted by molar-refractivity contribution is -0.119. The Kier molecular flexibility index (Phi) is 5.19. The number of ether oxygens (including phenoxy) is 1. The molecule has 3 amide bonds. The summed E-state index contributed by atoms with van der Waals surface area (Å²) in [6, 6.07) is 2.06. The topological polar surface area (TPSA) is 94.5 Å². The minimum atomic E-state index is -0.880. The molecule has 27 heavy (non-hydrogen) atoms. The molecule has 0 bridgehead atoms. The predicted octanol–water partition coefficient (Wildman–Crippen LogP) is 0.648. The van der Waals surface area contributed by atoms with Crippen molar-refractivity contribution in [3.8, 4) is 0 Å². The highest BCUT2D eigenvalue weighted by molar-refractivity contribution is 5.91. The van der Waals surface area contributed by atoms with Crippen LogP contribution in [0.4, 0.5) is 25.0 Å². The van der Waals surface area contributed by atoms with Crippen LogP contribution in [0, 0.1) is 11.6 Å². The van der Waals surface area contributed by atoms with Crippen molar-refractivity contribution in [2.24, 2.45) is 5.10 Å². The van der Waals surface area contributed by atoms with E-state index in [9.17, 15) is 23.2 Å². The van der Waals surface area contributed by atoms with Gasteiger partial charge in [-0.3, -0.25) is 14.5 Å². The van der Waals surface area contributed by atoms with Crippen LogP contribution in [0.25, 0.3) is 0 Å². The number of carbonyl (C=O) groups is 3. The second-order valence-electron chi connectivity index (χ2n) is 6.00. The first kappa shape index (κ1) is 18.5. The number of hydrogen-bond donors (Lipinski definition) is 1. The third kappa shape index (κ3) is 3.96. The zero-order valence-corrected chi connectivity index (χ0v) is 14.4. The zero-order chi connectivity index (χ0) is 19.6. The van der Waals surface area contributed by atoms with Crippen LogP contribution >= 0.6 is 0 Å². The van der Waals surface area contributed by atoms with Crippen LogP contribution in [0.1, 0.15) is 6.92 Å². The van der Waals surface area contributed by atoms with E-state index in [0.717, 1.165) is 28.4 Å². The fourth-order valence-electron chi connectivity index (χ4n) is 2.78. The molecule has 9 nitrogen and oxygen atoms in total. The largest absolute Gasteiger partial charge is 0.442 e. The molecule has 1 N–H and O–H groups in total. The summed E-state index contributed by atoms with van der Waals surface area (Å²) in [5, 5.41) is 7.39. The minimum Gasteiger partial charge on any atom is -0.442 e. The summed E-state index contributed by atoms with van der Waals surface area (Å²) in [6.07, 6.45) is 0.306. The number of halogens is 2. The number of nitrogens with one attached hydrogen (secondary N) is 1. The van der Waals surface area contributed by atoms with Crippen LogP contribution in [-0.4, -0.2) is 62.0 Å². The molecule has 1 saturated heterocycles. The smallest absolute Gasteiger partial charge is 0.414 e. The SMILES string of the molecule is CC(=O)NCC1CN(c2cc(F)c(N3C=NN(C=O)CC3)c(F)c2)C(=O)O1. The van der Waals surface area contributed by atoms with Crippen molar-refractivity contribution in [2.45, 2.75) is 13.0 Å². The summed E-state index contributed by atoms with van der Waals surface area (Å²) in [5.41, 5.74) is -0.317. The van der Waals surface area contributed by atoms with Crippen LogP contribution in [0.15, 0.2) is 17.2 Å². The molecular formula is C16H17F2N5O4. The molecule has 144 valence electrons. The van der Waals surface area contributed by atoms with E-state index in [0.29, 0.717) is 6.41 Å². The molecule has 1 fully saturated rings. The Balaban J connectivity index is 1.78.